The van der Waals surface area contributed by atoms with Gasteiger partial charge in [-0.05, 0) is 48.7 Å². The maximum Gasteiger partial charge on any atom is 0.336 e. The molecule has 1 N–H and O–H groups in total. The van der Waals surface area contributed by atoms with E-state index in [4.69, 9.17) is 0 Å². The van der Waals surface area contributed by atoms with Crippen molar-refractivity contribution in [2.45, 2.75) is 13.8 Å². The Morgan fingerprint density at radius 2 is 1.78 bits per heavy atom. The van der Waals surface area contributed by atoms with Crippen LogP contribution in [0.3, 0.4) is 0 Å². The van der Waals surface area contributed by atoms with E-state index < -0.39 is 5.97 Å². The maximum atomic E-state index is 13.3. The highest BCUT2D eigenvalue weighted by Gasteiger charge is 2.13. The highest BCUT2D eigenvalue weighted by atomic mass is 19.1. The van der Waals surface area contributed by atoms with Gasteiger partial charge in [-0.3, -0.25) is 0 Å². The molecule has 0 aliphatic heterocycles. The van der Waals surface area contributed by atoms with Crippen LogP contribution >= 0.6 is 0 Å². The summed E-state index contributed by atoms with van der Waals surface area (Å²) in [5.41, 5.74) is 3.16. The molecular formula is C15H13FO2. The summed E-state index contributed by atoms with van der Waals surface area (Å²) in [6, 6.07) is 9.45. The van der Waals surface area contributed by atoms with Gasteiger partial charge in [-0.1, -0.05) is 23.8 Å². The van der Waals surface area contributed by atoms with E-state index in [-0.39, 0.29) is 11.4 Å². The quantitative estimate of drug-likeness (QED) is 0.872. The Balaban J connectivity index is 2.73. The maximum absolute atomic E-state index is 13.3. The van der Waals surface area contributed by atoms with Crippen LogP contribution in [0.1, 0.15) is 21.5 Å². The first-order valence-corrected chi connectivity index (χ1v) is 5.59. The van der Waals surface area contributed by atoms with Gasteiger partial charge in [-0.25, -0.2) is 9.18 Å². The number of carbonyl (C=O) groups is 1. The highest BCUT2D eigenvalue weighted by molar-refractivity contribution is 5.96. The summed E-state index contributed by atoms with van der Waals surface area (Å²) in [5.74, 6) is -1.37. The van der Waals surface area contributed by atoms with Crippen LogP contribution in [-0.4, -0.2) is 11.1 Å². The van der Waals surface area contributed by atoms with Crippen molar-refractivity contribution in [2.75, 3.05) is 0 Å². The third-order valence-corrected chi connectivity index (χ3v) is 2.90. The number of aromatic carboxylic acids is 1. The monoisotopic (exact) mass is 244 g/mol. The molecule has 0 spiro atoms. The molecule has 0 bridgehead atoms. The molecular weight excluding hydrogens is 231 g/mol. The Bertz CT molecular complexity index is 618. The number of rotatable bonds is 2. The lowest BCUT2D eigenvalue weighted by molar-refractivity contribution is 0.0697. The zero-order valence-corrected chi connectivity index (χ0v) is 10.2. The van der Waals surface area contributed by atoms with Crippen LogP contribution < -0.4 is 0 Å². The van der Waals surface area contributed by atoms with Gasteiger partial charge in [-0.2, -0.15) is 0 Å². The molecule has 2 aromatic carbocycles. The second kappa shape index (κ2) is 4.61. The smallest absolute Gasteiger partial charge is 0.336 e. The molecule has 0 amide bonds. The van der Waals surface area contributed by atoms with Crippen molar-refractivity contribution in [3.63, 3.8) is 0 Å². The number of benzene rings is 2. The molecule has 0 saturated heterocycles. The highest BCUT2D eigenvalue weighted by Crippen LogP contribution is 2.28. The normalized spacial score (nSPS) is 10.4. The third kappa shape index (κ3) is 2.25. The lowest BCUT2D eigenvalue weighted by atomic mass is 9.94. The SMILES string of the molecule is Cc1ccc(C(=O)O)c(-c2cc(F)ccc2C)c1. The fourth-order valence-electron chi connectivity index (χ4n) is 1.95. The molecule has 2 aromatic rings. The van der Waals surface area contributed by atoms with E-state index in [9.17, 15) is 14.3 Å². The molecule has 0 radical (unpaired) electrons. The van der Waals surface area contributed by atoms with E-state index in [2.05, 4.69) is 0 Å². The Kier molecular flexibility index (Phi) is 3.15. The van der Waals surface area contributed by atoms with E-state index in [1.165, 1.54) is 12.1 Å². The van der Waals surface area contributed by atoms with Crippen molar-refractivity contribution in [1.82, 2.24) is 0 Å². The molecule has 0 saturated carbocycles. The Hall–Kier alpha value is -2.16. The summed E-state index contributed by atoms with van der Waals surface area (Å²) in [5, 5.41) is 9.18. The summed E-state index contributed by atoms with van der Waals surface area (Å²) in [6.07, 6.45) is 0. The molecule has 0 aromatic heterocycles. The van der Waals surface area contributed by atoms with Crippen molar-refractivity contribution in [3.8, 4) is 11.1 Å². The van der Waals surface area contributed by atoms with Crippen LogP contribution in [0.4, 0.5) is 4.39 Å². The fourth-order valence-corrected chi connectivity index (χ4v) is 1.95. The van der Waals surface area contributed by atoms with E-state index in [1.807, 2.05) is 13.8 Å². The van der Waals surface area contributed by atoms with Crippen LogP contribution in [0.25, 0.3) is 11.1 Å². The molecule has 0 fully saturated rings. The number of carboxylic acid groups (broad SMARTS) is 1. The van der Waals surface area contributed by atoms with Gasteiger partial charge < -0.3 is 5.11 Å². The summed E-state index contributed by atoms with van der Waals surface area (Å²) >= 11 is 0. The first-order valence-electron chi connectivity index (χ1n) is 5.59. The Morgan fingerprint density at radius 1 is 1.06 bits per heavy atom. The molecule has 92 valence electrons. The molecule has 0 unspecified atom stereocenters. The van der Waals surface area contributed by atoms with Crippen molar-refractivity contribution in [1.29, 1.82) is 0 Å². The first kappa shape index (κ1) is 12.3. The predicted molar refractivity (Wildman–Crippen MR) is 68.3 cm³/mol. The minimum atomic E-state index is -1.01. The summed E-state index contributed by atoms with van der Waals surface area (Å²) in [6.45, 7) is 3.71. The van der Waals surface area contributed by atoms with E-state index in [1.54, 1.807) is 24.3 Å². The average Bonchev–Trinajstić information content (AvgIpc) is 2.31. The van der Waals surface area contributed by atoms with Gasteiger partial charge in [0.15, 0.2) is 0 Å². The predicted octanol–water partition coefficient (Wildman–Crippen LogP) is 3.81. The van der Waals surface area contributed by atoms with Gasteiger partial charge in [0.05, 0.1) is 5.56 Å². The Morgan fingerprint density at radius 3 is 2.44 bits per heavy atom. The molecule has 2 rings (SSSR count). The van der Waals surface area contributed by atoms with E-state index in [0.29, 0.717) is 11.1 Å². The minimum Gasteiger partial charge on any atom is -0.478 e. The standard InChI is InChI=1S/C15H13FO2/c1-9-3-6-12(15(17)18)14(7-9)13-8-11(16)5-4-10(13)2/h3-8H,1-2H3,(H,17,18). The molecule has 3 heteroatoms. The zero-order valence-electron chi connectivity index (χ0n) is 10.2. The van der Waals surface area contributed by atoms with Gasteiger partial charge in [0, 0.05) is 0 Å². The van der Waals surface area contributed by atoms with E-state index >= 15 is 0 Å². The zero-order chi connectivity index (χ0) is 13.3. The third-order valence-electron chi connectivity index (χ3n) is 2.90. The lowest BCUT2D eigenvalue weighted by Gasteiger charge is -2.10. The summed E-state index contributed by atoms with van der Waals surface area (Å²) in [7, 11) is 0. The largest absolute Gasteiger partial charge is 0.478 e. The van der Waals surface area contributed by atoms with Crippen molar-refractivity contribution < 1.29 is 14.3 Å². The second-order valence-corrected chi connectivity index (χ2v) is 4.31. The van der Waals surface area contributed by atoms with Gasteiger partial charge >= 0.3 is 5.97 Å². The van der Waals surface area contributed by atoms with Crippen LogP contribution in [0.2, 0.25) is 0 Å². The molecule has 0 aliphatic carbocycles. The van der Waals surface area contributed by atoms with Gasteiger partial charge in [0.25, 0.3) is 0 Å². The Labute approximate surface area is 105 Å². The number of aryl methyl sites for hydroxylation is 2. The van der Waals surface area contributed by atoms with Gasteiger partial charge in [-0.15, -0.1) is 0 Å². The summed E-state index contributed by atoms with van der Waals surface area (Å²) < 4.78 is 13.3. The minimum absolute atomic E-state index is 0.189. The first-order chi connectivity index (χ1) is 8.49. The van der Waals surface area contributed by atoms with Crippen molar-refractivity contribution >= 4 is 5.97 Å². The van der Waals surface area contributed by atoms with Crippen LogP contribution in [0.5, 0.6) is 0 Å². The lowest BCUT2D eigenvalue weighted by Crippen LogP contribution is -2.01. The molecule has 2 nitrogen and oxygen atoms in total. The van der Waals surface area contributed by atoms with Crippen LogP contribution in [0, 0.1) is 19.7 Å². The topological polar surface area (TPSA) is 37.3 Å². The van der Waals surface area contributed by atoms with Gasteiger partial charge in [0.1, 0.15) is 5.82 Å². The number of hydrogen-bond donors (Lipinski definition) is 1. The van der Waals surface area contributed by atoms with Crippen LogP contribution in [-0.2, 0) is 0 Å². The molecule has 0 atom stereocenters. The average molecular weight is 244 g/mol. The number of carboxylic acids is 1. The number of hydrogen-bond acceptors (Lipinski definition) is 1. The fraction of sp³-hybridized carbons (Fsp3) is 0.133. The molecule has 0 heterocycles. The molecule has 0 aliphatic rings. The van der Waals surface area contributed by atoms with E-state index in [0.717, 1.165) is 11.1 Å². The summed E-state index contributed by atoms with van der Waals surface area (Å²) in [4.78, 5) is 11.2. The van der Waals surface area contributed by atoms with Crippen LogP contribution in [0.15, 0.2) is 36.4 Å². The second-order valence-electron chi connectivity index (χ2n) is 4.31. The van der Waals surface area contributed by atoms with Gasteiger partial charge in [0.2, 0.25) is 0 Å². The molecule has 18 heavy (non-hydrogen) atoms. The van der Waals surface area contributed by atoms with Crippen molar-refractivity contribution in [3.05, 3.63) is 58.9 Å². The van der Waals surface area contributed by atoms with Crippen molar-refractivity contribution in [2.24, 2.45) is 0 Å². The number of halogens is 1.